The van der Waals surface area contributed by atoms with Gasteiger partial charge in [0.25, 0.3) is 5.91 Å². The first kappa shape index (κ1) is 20.1. The lowest BCUT2D eigenvalue weighted by atomic mass is 10.2. The second-order valence-corrected chi connectivity index (χ2v) is 6.67. The fourth-order valence-corrected chi connectivity index (χ4v) is 3.11. The van der Waals surface area contributed by atoms with E-state index < -0.39 is 5.91 Å². The number of nitrogens with zero attached hydrogens (tertiary/aromatic N) is 4. The molecule has 0 radical (unpaired) electrons. The van der Waals surface area contributed by atoms with Crippen LogP contribution in [0.4, 0.5) is 9.70 Å². The van der Waals surface area contributed by atoms with E-state index in [1.54, 1.807) is 36.4 Å². The molecule has 0 fully saturated rings. The first-order chi connectivity index (χ1) is 13.5. The molecule has 3 rings (SSSR count). The lowest BCUT2D eigenvalue weighted by Gasteiger charge is -2.13. The van der Waals surface area contributed by atoms with Gasteiger partial charge in [0.15, 0.2) is 29.7 Å². The highest BCUT2D eigenvalue weighted by atomic mass is 35.5. The Kier molecular flexibility index (Phi) is 6.18. The zero-order valence-electron chi connectivity index (χ0n) is 14.3. The van der Waals surface area contributed by atoms with Gasteiger partial charge in [-0.15, -0.1) is 3.89 Å². The minimum Gasteiger partial charge on any atom is -0.354 e. The van der Waals surface area contributed by atoms with Crippen LogP contribution in [0.3, 0.4) is 0 Å². The molecule has 0 unspecified atom stereocenters. The van der Waals surface area contributed by atoms with Crippen molar-refractivity contribution in [3.05, 3.63) is 58.5 Å². The van der Waals surface area contributed by atoms with Gasteiger partial charge >= 0.3 is 0 Å². The van der Waals surface area contributed by atoms with Gasteiger partial charge in [0.05, 0.1) is 5.56 Å². The molecular weight excluding hydrogens is 428 g/mol. The molecule has 1 aromatic carbocycles. The van der Waals surface area contributed by atoms with Gasteiger partial charge < -0.3 is 5.32 Å². The Morgan fingerprint density at radius 1 is 1.29 bits per heavy atom. The maximum atomic E-state index is 13.3. The smallest absolute Gasteiger partial charge is 0.271 e. The van der Waals surface area contributed by atoms with Crippen LogP contribution in [-0.2, 0) is 4.79 Å². The molecule has 0 aliphatic carbocycles. The average Bonchev–Trinajstić information content (AvgIpc) is 3.09. The van der Waals surface area contributed by atoms with E-state index in [9.17, 15) is 13.5 Å². The van der Waals surface area contributed by atoms with Crippen molar-refractivity contribution in [2.45, 2.75) is 0 Å². The SMILES string of the molecule is CNC(=O)c1c(N(C=O)SF)nc(-c2cccnc2Cl)n1-c1ccc(Cl)cc1. The third kappa shape index (κ3) is 3.68. The van der Waals surface area contributed by atoms with Crippen LogP contribution in [-0.4, -0.2) is 33.9 Å². The molecule has 0 aliphatic rings. The standard InChI is InChI=1S/C17H12Cl2FN5O2S/c1-21-17(27)13-16(24(9-26)28-20)23-15(12-3-2-8-22-14(12)19)25(13)11-6-4-10(18)5-7-11/h2-9H,1H3,(H,21,27). The van der Waals surface area contributed by atoms with Crippen molar-refractivity contribution in [2.75, 3.05) is 11.4 Å². The van der Waals surface area contributed by atoms with E-state index in [1.165, 1.54) is 17.8 Å². The molecule has 11 heteroatoms. The minimum atomic E-state index is -0.579. The van der Waals surface area contributed by atoms with Crippen LogP contribution in [0.15, 0.2) is 42.6 Å². The zero-order chi connectivity index (χ0) is 20.3. The van der Waals surface area contributed by atoms with E-state index in [4.69, 9.17) is 23.2 Å². The van der Waals surface area contributed by atoms with E-state index in [0.717, 1.165) is 0 Å². The van der Waals surface area contributed by atoms with Gasteiger partial charge in [0.1, 0.15) is 5.15 Å². The Bertz CT molecular complexity index is 1030. The van der Waals surface area contributed by atoms with Gasteiger partial charge in [0, 0.05) is 24.0 Å². The average molecular weight is 440 g/mol. The van der Waals surface area contributed by atoms with Crippen molar-refractivity contribution in [1.82, 2.24) is 19.9 Å². The number of pyridine rings is 1. The van der Waals surface area contributed by atoms with Gasteiger partial charge in [-0.05, 0) is 36.4 Å². The largest absolute Gasteiger partial charge is 0.354 e. The molecule has 0 saturated heterocycles. The zero-order valence-corrected chi connectivity index (χ0v) is 16.6. The first-order valence-corrected chi connectivity index (χ1v) is 9.19. The number of hydrogen-bond acceptors (Lipinski definition) is 5. The summed E-state index contributed by atoms with van der Waals surface area (Å²) in [6.45, 7) is 0. The van der Waals surface area contributed by atoms with Crippen molar-refractivity contribution in [3.63, 3.8) is 0 Å². The Balaban J connectivity index is 2.41. The monoisotopic (exact) mass is 439 g/mol. The summed E-state index contributed by atoms with van der Waals surface area (Å²) in [5.41, 5.74) is 0.841. The molecule has 7 nitrogen and oxygen atoms in total. The number of rotatable bonds is 6. The highest BCUT2D eigenvalue weighted by molar-refractivity contribution is 7.96. The van der Waals surface area contributed by atoms with E-state index in [-0.39, 0.29) is 41.2 Å². The van der Waals surface area contributed by atoms with Crippen molar-refractivity contribution in [2.24, 2.45) is 0 Å². The molecule has 0 atom stereocenters. The molecule has 3 aromatic rings. The van der Waals surface area contributed by atoms with Crippen molar-refractivity contribution >= 4 is 53.7 Å². The molecule has 28 heavy (non-hydrogen) atoms. The van der Waals surface area contributed by atoms with E-state index in [1.807, 2.05) is 0 Å². The normalized spacial score (nSPS) is 10.6. The molecular formula is C17H12Cl2FN5O2S. The van der Waals surface area contributed by atoms with E-state index in [2.05, 4.69) is 15.3 Å². The highest BCUT2D eigenvalue weighted by Crippen LogP contribution is 2.35. The number of benzene rings is 1. The van der Waals surface area contributed by atoms with E-state index in [0.29, 0.717) is 20.6 Å². The lowest BCUT2D eigenvalue weighted by molar-refractivity contribution is -0.106. The fourth-order valence-electron chi connectivity index (χ4n) is 2.56. The molecule has 0 bridgehead atoms. The van der Waals surface area contributed by atoms with Crippen molar-refractivity contribution in [1.29, 1.82) is 0 Å². The molecule has 2 heterocycles. The molecule has 0 aliphatic heterocycles. The molecule has 2 aromatic heterocycles. The summed E-state index contributed by atoms with van der Waals surface area (Å²) in [7, 11) is 1.41. The summed E-state index contributed by atoms with van der Waals surface area (Å²) < 4.78 is 15.4. The third-order valence-electron chi connectivity index (χ3n) is 3.76. The Hall–Kier alpha value is -2.62. The number of amides is 2. The maximum absolute atomic E-state index is 13.3. The summed E-state index contributed by atoms with van der Waals surface area (Å²) in [6, 6.07) is 9.85. The maximum Gasteiger partial charge on any atom is 0.271 e. The van der Waals surface area contributed by atoms with Crippen LogP contribution in [0.2, 0.25) is 10.2 Å². The Morgan fingerprint density at radius 3 is 2.57 bits per heavy atom. The third-order valence-corrected chi connectivity index (χ3v) is 4.73. The first-order valence-electron chi connectivity index (χ1n) is 7.76. The lowest BCUT2D eigenvalue weighted by Crippen LogP contribution is -2.24. The minimum absolute atomic E-state index is 0.0583. The Labute approximate surface area is 173 Å². The van der Waals surface area contributed by atoms with Crippen LogP contribution in [0.5, 0.6) is 0 Å². The number of nitrogens with one attached hydrogen (secondary N) is 1. The number of aromatic nitrogens is 3. The summed E-state index contributed by atoms with van der Waals surface area (Å²) in [4.78, 5) is 32.3. The van der Waals surface area contributed by atoms with Gasteiger partial charge in [-0.25, -0.2) is 14.3 Å². The number of halogens is 3. The van der Waals surface area contributed by atoms with Crippen molar-refractivity contribution in [3.8, 4) is 17.1 Å². The molecule has 144 valence electrons. The summed E-state index contributed by atoms with van der Waals surface area (Å²) >= 11 is 11.8. The van der Waals surface area contributed by atoms with Crippen LogP contribution >= 0.6 is 35.5 Å². The van der Waals surface area contributed by atoms with Gasteiger partial charge in [-0.2, -0.15) is 0 Å². The highest BCUT2D eigenvalue weighted by Gasteiger charge is 2.29. The van der Waals surface area contributed by atoms with Gasteiger partial charge in [0.2, 0.25) is 6.41 Å². The number of carbonyl (C=O) groups excluding carboxylic acids is 2. The second kappa shape index (κ2) is 8.59. The molecule has 0 saturated carbocycles. The van der Waals surface area contributed by atoms with Gasteiger partial charge in [-0.1, -0.05) is 23.2 Å². The Morgan fingerprint density at radius 2 is 2.00 bits per heavy atom. The molecule has 0 spiro atoms. The van der Waals surface area contributed by atoms with Crippen LogP contribution < -0.4 is 9.62 Å². The quantitative estimate of drug-likeness (QED) is 0.355. The number of imidazole rings is 1. The van der Waals surface area contributed by atoms with Crippen LogP contribution in [0.1, 0.15) is 10.5 Å². The van der Waals surface area contributed by atoms with Gasteiger partial charge in [-0.3, -0.25) is 14.2 Å². The molecule has 1 N–H and O–H groups in total. The predicted octanol–water partition coefficient (Wildman–Crippen LogP) is 4.10. The van der Waals surface area contributed by atoms with E-state index >= 15 is 0 Å². The summed E-state index contributed by atoms with van der Waals surface area (Å²) in [5, 5.41) is 3.09. The second-order valence-electron chi connectivity index (χ2n) is 5.34. The number of hydrogen-bond donors (Lipinski definition) is 1. The van der Waals surface area contributed by atoms with Crippen LogP contribution in [0.25, 0.3) is 17.1 Å². The predicted molar refractivity (Wildman–Crippen MR) is 107 cm³/mol. The van der Waals surface area contributed by atoms with Crippen LogP contribution in [0, 0.1) is 0 Å². The summed E-state index contributed by atoms with van der Waals surface area (Å²) in [5.74, 6) is -0.564. The number of anilines is 1. The summed E-state index contributed by atoms with van der Waals surface area (Å²) in [6.07, 6.45) is 1.72. The fraction of sp³-hybridized carbons (Fsp3) is 0.0588. The number of carbonyl (C=O) groups is 2. The van der Waals surface area contributed by atoms with Crippen molar-refractivity contribution < 1.29 is 13.5 Å². The molecule has 2 amide bonds. The topological polar surface area (TPSA) is 80.1 Å².